The van der Waals surface area contributed by atoms with Crippen molar-refractivity contribution in [2.24, 2.45) is 23.7 Å². The minimum atomic E-state index is -1.53. The molecule has 141 valence electrons. The third-order valence-electron chi connectivity index (χ3n) is 5.72. The van der Waals surface area contributed by atoms with E-state index in [0.717, 1.165) is 22.2 Å². The first kappa shape index (κ1) is 22.7. The Morgan fingerprint density at radius 3 is 2.04 bits per heavy atom. The summed E-state index contributed by atoms with van der Waals surface area (Å²) in [7, 11) is 0. The molecule has 0 amide bonds. The van der Waals surface area contributed by atoms with E-state index < -0.39 is 18.4 Å². The van der Waals surface area contributed by atoms with Gasteiger partial charge in [0, 0.05) is 0 Å². The summed E-state index contributed by atoms with van der Waals surface area (Å²) in [6.45, 7) is 10.2. The molecule has 1 fully saturated rings. The van der Waals surface area contributed by atoms with Crippen molar-refractivity contribution in [1.29, 1.82) is 0 Å². The van der Waals surface area contributed by atoms with E-state index in [1.807, 2.05) is 0 Å². The summed E-state index contributed by atoms with van der Waals surface area (Å²) in [6, 6.07) is 0. The number of hydrogen-bond acceptors (Lipinski definition) is 1. The predicted octanol–water partition coefficient (Wildman–Crippen LogP) is 5.92. The number of rotatable bonds is 10. The van der Waals surface area contributed by atoms with Crippen LogP contribution in [0.15, 0.2) is 0 Å². The van der Waals surface area contributed by atoms with Gasteiger partial charge in [-0.2, -0.15) is 0 Å². The Bertz CT molecular complexity index is 332. The summed E-state index contributed by atoms with van der Waals surface area (Å²) in [5, 5.41) is 0. The molecular weight excluding hydrogens is 413 g/mol. The second-order valence-electron chi connectivity index (χ2n) is 8.44. The van der Waals surface area contributed by atoms with Gasteiger partial charge in [0.25, 0.3) is 0 Å². The van der Waals surface area contributed by atoms with Crippen molar-refractivity contribution in [2.45, 2.75) is 95.5 Å². The monoisotopic (exact) mass is 451 g/mol. The molecule has 5 unspecified atom stereocenters. The van der Waals surface area contributed by atoms with E-state index in [1.54, 1.807) is 43.3 Å². The first-order chi connectivity index (χ1) is 11.2. The van der Waals surface area contributed by atoms with E-state index in [-0.39, 0.29) is 5.92 Å². The molecule has 1 aliphatic rings. The van der Waals surface area contributed by atoms with Crippen molar-refractivity contribution in [3.63, 3.8) is 0 Å². The average molecular weight is 450 g/mol. The van der Waals surface area contributed by atoms with Crippen molar-refractivity contribution in [3.8, 4) is 0 Å². The summed E-state index contributed by atoms with van der Waals surface area (Å²) < 4.78 is 34.3. The Kier molecular flexibility index (Phi) is 10.7. The molecule has 0 aromatic rings. The van der Waals surface area contributed by atoms with Gasteiger partial charge in [-0.05, 0) is 5.92 Å². The van der Waals surface area contributed by atoms with Crippen LogP contribution in [0.5, 0.6) is 0 Å². The van der Waals surface area contributed by atoms with Gasteiger partial charge < -0.3 is 0 Å². The van der Waals surface area contributed by atoms with E-state index in [4.69, 9.17) is 4.74 Å². The van der Waals surface area contributed by atoms with Gasteiger partial charge in [-0.1, -0.05) is 13.8 Å². The Hall–Kier alpha value is 0.619. The van der Waals surface area contributed by atoms with E-state index >= 15 is 0 Å². The Balaban J connectivity index is 2.22. The maximum absolute atomic E-state index is 14.0. The molecule has 0 aromatic heterocycles. The van der Waals surface area contributed by atoms with Crippen LogP contribution in [-0.4, -0.2) is 47.6 Å². The van der Waals surface area contributed by atoms with Crippen LogP contribution in [0.4, 0.5) is 8.78 Å². The zero-order valence-electron chi connectivity index (χ0n) is 16.2. The first-order valence-corrected chi connectivity index (χ1v) is 11.5. The third-order valence-corrected chi connectivity index (χ3v) is 7.37. The standard InChI is InChI=1S/C20H37F2O.Sn/c1-14(2)19(21)20(22)17(5)23-13-15(3)11-12-16(4)18-9-7-6-8-10-18;/h6,14-20H,7-13H2,1-5H3;. The molecule has 0 N–H and O–H groups in total. The fourth-order valence-electron chi connectivity index (χ4n) is 3.59. The summed E-state index contributed by atoms with van der Waals surface area (Å²) >= 11 is 1.71. The van der Waals surface area contributed by atoms with Crippen LogP contribution >= 0.6 is 0 Å². The molecule has 0 heterocycles. The van der Waals surface area contributed by atoms with Gasteiger partial charge in [-0.3, -0.25) is 0 Å². The summed E-state index contributed by atoms with van der Waals surface area (Å²) in [5.41, 5.74) is 0. The number of ether oxygens (including phenoxy) is 1. The first-order valence-electron chi connectivity index (χ1n) is 9.83. The molecule has 0 spiro atoms. The van der Waals surface area contributed by atoms with Crippen LogP contribution in [0.3, 0.4) is 0 Å². The van der Waals surface area contributed by atoms with Crippen LogP contribution < -0.4 is 0 Å². The van der Waals surface area contributed by atoms with Gasteiger partial charge in [-0.15, -0.1) is 0 Å². The molecule has 1 rings (SSSR count). The van der Waals surface area contributed by atoms with Gasteiger partial charge in [0.05, 0.1) is 0 Å². The minimum Gasteiger partial charge on any atom is -0.244 e. The van der Waals surface area contributed by atoms with E-state index in [1.165, 1.54) is 32.1 Å². The number of halogens is 2. The normalized spacial score (nSPS) is 28.4. The van der Waals surface area contributed by atoms with Crippen molar-refractivity contribution >= 4 is 22.5 Å². The molecule has 5 atom stereocenters. The van der Waals surface area contributed by atoms with E-state index in [9.17, 15) is 8.78 Å². The number of hydrogen-bond donors (Lipinski definition) is 0. The van der Waals surface area contributed by atoms with Crippen LogP contribution in [0.2, 0.25) is 3.93 Å². The van der Waals surface area contributed by atoms with Gasteiger partial charge in [0.2, 0.25) is 0 Å². The molecule has 1 saturated carbocycles. The average Bonchev–Trinajstić information content (AvgIpc) is 2.56. The van der Waals surface area contributed by atoms with Crippen LogP contribution in [-0.2, 0) is 4.74 Å². The molecule has 1 aliphatic carbocycles. The van der Waals surface area contributed by atoms with Crippen molar-refractivity contribution < 1.29 is 13.5 Å². The zero-order chi connectivity index (χ0) is 18.3. The Labute approximate surface area is 161 Å². The van der Waals surface area contributed by atoms with Crippen molar-refractivity contribution in [3.05, 3.63) is 0 Å². The van der Waals surface area contributed by atoms with Gasteiger partial charge in [0.1, 0.15) is 6.17 Å². The molecule has 24 heavy (non-hydrogen) atoms. The maximum atomic E-state index is 14.0. The Morgan fingerprint density at radius 1 is 0.917 bits per heavy atom. The van der Waals surface area contributed by atoms with Crippen LogP contribution in [0.25, 0.3) is 0 Å². The van der Waals surface area contributed by atoms with Crippen LogP contribution in [0, 0.1) is 23.7 Å². The second-order valence-corrected chi connectivity index (χ2v) is 10.8. The second kappa shape index (κ2) is 11.4. The van der Waals surface area contributed by atoms with Gasteiger partial charge >= 0.3 is 127 Å². The zero-order valence-corrected chi connectivity index (χ0v) is 19.1. The summed E-state index contributed by atoms with van der Waals surface area (Å²) in [6.07, 6.45) is 4.35. The fourth-order valence-corrected chi connectivity index (χ4v) is 4.54. The predicted molar refractivity (Wildman–Crippen MR) is 99.1 cm³/mol. The summed E-state index contributed by atoms with van der Waals surface area (Å²) in [4.78, 5) is 0. The summed E-state index contributed by atoms with van der Waals surface area (Å²) in [5.74, 6) is 1.77. The topological polar surface area (TPSA) is 9.23 Å². The minimum absolute atomic E-state index is 0.302. The molecular formula is C20H37F2OSn. The van der Waals surface area contributed by atoms with Crippen molar-refractivity contribution in [1.82, 2.24) is 0 Å². The van der Waals surface area contributed by atoms with Gasteiger partial charge in [0.15, 0.2) is 0 Å². The van der Waals surface area contributed by atoms with E-state index in [2.05, 4.69) is 13.8 Å². The SMILES string of the molecule is CC(CCC(C)C1CC[CH]([Sn])CC1)COC(C)C(F)C(F)C(C)C. The quantitative estimate of drug-likeness (QED) is 0.376. The number of alkyl halides is 2. The van der Waals surface area contributed by atoms with Crippen LogP contribution in [0.1, 0.15) is 73.1 Å². The molecule has 0 bridgehead atoms. The fraction of sp³-hybridized carbons (Fsp3) is 1.00. The molecule has 0 aromatic carbocycles. The molecule has 4 heteroatoms. The smallest absolute Gasteiger partial charge is 0.244 e. The van der Waals surface area contributed by atoms with Crippen molar-refractivity contribution in [2.75, 3.05) is 6.61 Å². The Morgan fingerprint density at radius 2 is 1.50 bits per heavy atom. The van der Waals surface area contributed by atoms with E-state index in [0.29, 0.717) is 12.5 Å². The molecule has 0 aliphatic heterocycles. The molecule has 0 saturated heterocycles. The van der Waals surface area contributed by atoms with Gasteiger partial charge in [-0.25, -0.2) is 8.78 Å². The third kappa shape index (κ3) is 7.88. The molecule has 1 nitrogen and oxygen atoms in total. The molecule has 3 radical (unpaired) electrons.